The van der Waals surface area contributed by atoms with Gasteiger partial charge in [0.05, 0.1) is 41.3 Å². The van der Waals surface area contributed by atoms with E-state index in [1.54, 1.807) is 39.8 Å². The third-order valence-corrected chi connectivity index (χ3v) is 11.1. The Labute approximate surface area is 315 Å². The van der Waals surface area contributed by atoms with Crippen molar-refractivity contribution in [1.29, 1.82) is 0 Å². The topological polar surface area (TPSA) is 218 Å². The summed E-state index contributed by atoms with van der Waals surface area (Å²) < 4.78 is 23.9. The molecule has 0 saturated heterocycles. The fourth-order valence-electron chi connectivity index (χ4n) is 7.42. The Kier molecular flexibility index (Phi) is 10.6. The first-order valence-corrected chi connectivity index (χ1v) is 18.0. The number of methoxy groups -OCH3 is 1. The number of aliphatic hydroxyl groups is 4. The Morgan fingerprint density at radius 3 is 2.25 bits per heavy atom. The maximum atomic E-state index is 14.4. The molecular weight excluding hydrogens is 712 g/mol. The molecule has 6 rings (SSSR count). The van der Waals surface area contributed by atoms with Crippen LogP contribution in [0.1, 0.15) is 47.1 Å². The van der Waals surface area contributed by atoms with E-state index in [-0.39, 0.29) is 60.8 Å². The summed E-state index contributed by atoms with van der Waals surface area (Å²) in [7, 11) is 1.44. The number of benzene rings is 3. The number of phenolic OH excluding ortho intramolecular Hbond substituents is 1. The highest BCUT2D eigenvalue weighted by molar-refractivity contribution is 6.16. The molecule has 14 nitrogen and oxygen atoms in total. The predicted molar refractivity (Wildman–Crippen MR) is 205 cm³/mol. The van der Waals surface area contributed by atoms with E-state index in [2.05, 4.69) is 10.3 Å². The van der Waals surface area contributed by atoms with Gasteiger partial charge in [0.25, 0.3) is 5.91 Å². The molecule has 2 aliphatic rings. The van der Waals surface area contributed by atoms with Crippen LogP contribution in [0.2, 0.25) is 0 Å². The SMILES string of the molecule is CO[C@H]1/C=C/O[C@@]2(C)Oc3c(C)c(O)c4c(=O)c(c5oc6cccc(=O)c6nc5c4c3=C2O)NC(=O)/C(C)=C\C=C\[C@H](C)[C@H](O)[C@@H](C)[C@@H](O)[C@@H](C)[C@H](O)[C@@H]1C. The average molecular weight is 759 g/mol. The number of nitrogens with one attached hydrogen (secondary N) is 1. The van der Waals surface area contributed by atoms with Gasteiger partial charge in [-0.2, -0.15) is 0 Å². The average Bonchev–Trinajstić information content (AvgIpc) is 3.43. The van der Waals surface area contributed by atoms with Crippen LogP contribution in [0.4, 0.5) is 5.69 Å². The van der Waals surface area contributed by atoms with Gasteiger partial charge in [0.15, 0.2) is 22.4 Å². The number of hydrogen-bond donors (Lipinski definition) is 6. The fourth-order valence-corrected chi connectivity index (χ4v) is 7.42. The van der Waals surface area contributed by atoms with Crippen LogP contribution in [0.15, 0.2) is 68.3 Å². The van der Waals surface area contributed by atoms with Crippen molar-refractivity contribution in [2.24, 2.45) is 23.7 Å². The molecule has 1 aromatic heterocycles. The molecule has 3 heterocycles. The molecule has 0 fully saturated rings. The number of rotatable bonds is 1. The summed E-state index contributed by atoms with van der Waals surface area (Å²) in [6, 6.07) is 4.20. The van der Waals surface area contributed by atoms with Gasteiger partial charge >= 0.3 is 5.79 Å². The van der Waals surface area contributed by atoms with Crippen LogP contribution in [0, 0.1) is 30.6 Å². The third kappa shape index (κ3) is 6.62. The summed E-state index contributed by atoms with van der Waals surface area (Å²) in [5.74, 6) is -6.15. The molecule has 6 N–H and O–H groups in total. The van der Waals surface area contributed by atoms with Crippen molar-refractivity contribution in [1.82, 2.24) is 4.98 Å². The number of aromatic hydroxyl groups is 1. The maximum absolute atomic E-state index is 14.4. The van der Waals surface area contributed by atoms with Gasteiger partial charge in [0, 0.05) is 54.2 Å². The molecule has 9 atom stereocenters. The standard InChI is InChI=1S/C41H46N2O12/c1-17-11-9-12-18(2)40(51)43-31-36(49)27-26(30-38(31)54-25-14-10-13-23(44)29(25)42-30)28-37(22(6)35(27)48)55-41(7,39(28)50)53-16-15-24(52-8)19(3)33(46)21(5)34(47)20(4)32(17)45/h9-17,19-21,24,32-34,45-48,50H,1-8H3,(H,43,51)/b11-9+,16-15+,18-12-/t17-,19+,20+,21-,24-,32-,33+,34+,41-/m0/s1. The number of allylic oxidation sites excluding steroid dienone is 2. The van der Waals surface area contributed by atoms with Gasteiger partial charge in [-0.05, 0) is 32.1 Å². The number of fused-ring (bicyclic) bond motifs is 2. The highest BCUT2D eigenvalue weighted by Crippen LogP contribution is 2.42. The Balaban J connectivity index is 1.63. The summed E-state index contributed by atoms with van der Waals surface area (Å²) >= 11 is 0. The van der Waals surface area contributed by atoms with E-state index in [1.807, 2.05) is 0 Å². The molecule has 2 aliphatic heterocycles. The van der Waals surface area contributed by atoms with Crippen LogP contribution in [-0.2, 0) is 14.3 Å². The zero-order valence-electron chi connectivity index (χ0n) is 31.8. The lowest BCUT2D eigenvalue weighted by molar-refractivity contribution is -0.112. The summed E-state index contributed by atoms with van der Waals surface area (Å²) in [6.07, 6.45) is 3.45. The lowest BCUT2D eigenvalue weighted by Gasteiger charge is -2.36. The van der Waals surface area contributed by atoms with Crippen molar-refractivity contribution >= 4 is 50.3 Å². The van der Waals surface area contributed by atoms with E-state index >= 15 is 0 Å². The third-order valence-electron chi connectivity index (χ3n) is 11.1. The van der Waals surface area contributed by atoms with Crippen LogP contribution in [0.3, 0.4) is 0 Å². The molecule has 4 bridgehead atoms. The Morgan fingerprint density at radius 1 is 0.891 bits per heavy atom. The number of hydrogen-bond acceptors (Lipinski definition) is 13. The monoisotopic (exact) mass is 758 g/mol. The Bertz CT molecular complexity index is 2470. The van der Waals surface area contributed by atoms with Gasteiger partial charge in [0.1, 0.15) is 22.7 Å². The van der Waals surface area contributed by atoms with E-state index in [1.165, 1.54) is 64.5 Å². The normalized spacial score (nSPS) is 31.6. The second kappa shape index (κ2) is 14.8. The summed E-state index contributed by atoms with van der Waals surface area (Å²) in [4.78, 5) is 45.6. The molecule has 14 heteroatoms. The molecule has 55 heavy (non-hydrogen) atoms. The minimum absolute atomic E-state index is 0.0154. The lowest BCUT2D eigenvalue weighted by Crippen LogP contribution is -2.44. The molecule has 3 aromatic carbocycles. The highest BCUT2D eigenvalue weighted by Gasteiger charge is 2.44. The van der Waals surface area contributed by atoms with Crippen LogP contribution in [0.25, 0.3) is 38.7 Å². The number of carbonyl (C=O) groups is 1. The van der Waals surface area contributed by atoms with Crippen LogP contribution in [-0.4, -0.2) is 73.7 Å². The van der Waals surface area contributed by atoms with Gasteiger partial charge in [-0.3, -0.25) is 14.4 Å². The first-order chi connectivity index (χ1) is 25.9. The van der Waals surface area contributed by atoms with Crippen LogP contribution in [0.5, 0.6) is 11.5 Å². The van der Waals surface area contributed by atoms with E-state index in [4.69, 9.17) is 18.6 Å². The molecular formula is C41H46N2O12. The number of aromatic nitrogens is 1. The minimum Gasteiger partial charge on any atom is -0.507 e. The van der Waals surface area contributed by atoms with Crippen LogP contribution >= 0.6 is 0 Å². The minimum atomic E-state index is -1.93. The lowest BCUT2D eigenvalue weighted by atomic mass is 9.78. The summed E-state index contributed by atoms with van der Waals surface area (Å²) in [5, 5.41) is 59.3. The van der Waals surface area contributed by atoms with Crippen molar-refractivity contribution < 1.29 is 49.0 Å². The summed E-state index contributed by atoms with van der Waals surface area (Å²) in [5.41, 5.74) is -1.98. The van der Waals surface area contributed by atoms with Crippen molar-refractivity contribution in [2.75, 3.05) is 12.4 Å². The Morgan fingerprint density at radius 2 is 1.56 bits per heavy atom. The van der Waals surface area contributed by atoms with Crippen molar-refractivity contribution in [3.8, 4) is 11.5 Å². The fraction of sp³-hybridized carbons (Fsp3) is 0.415. The number of carbonyl (C=O) groups excluding carboxylic acids is 1. The summed E-state index contributed by atoms with van der Waals surface area (Å²) in [6.45, 7) is 11.2. The maximum Gasteiger partial charge on any atom is 0.307 e. The second-order valence-corrected chi connectivity index (χ2v) is 14.8. The van der Waals surface area contributed by atoms with E-state index in [0.717, 1.165) is 0 Å². The van der Waals surface area contributed by atoms with Gasteiger partial charge in [0.2, 0.25) is 10.9 Å². The van der Waals surface area contributed by atoms with Gasteiger partial charge in [-0.1, -0.05) is 52.0 Å². The molecule has 4 aromatic rings. The highest BCUT2D eigenvalue weighted by atomic mass is 16.7. The molecule has 1 amide bonds. The molecule has 0 aliphatic carbocycles. The number of para-hydroxylation sites is 1. The molecule has 0 spiro atoms. The van der Waals surface area contributed by atoms with Crippen molar-refractivity contribution in [3.05, 3.63) is 85.6 Å². The number of aliphatic hydroxyl groups excluding tert-OH is 4. The first kappa shape index (κ1) is 39.4. The quantitative estimate of drug-likeness (QED) is 0.120. The second-order valence-electron chi connectivity index (χ2n) is 14.8. The van der Waals surface area contributed by atoms with Gasteiger partial charge in [-0.25, -0.2) is 4.98 Å². The van der Waals surface area contributed by atoms with E-state index < -0.39 is 82.1 Å². The Hall–Kier alpha value is -5.28. The van der Waals surface area contributed by atoms with Crippen molar-refractivity contribution in [3.63, 3.8) is 0 Å². The van der Waals surface area contributed by atoms with Crippen molar-refractivity contribution in [2.45, 2.75) is 78.7 Å². The molecule has 292 valence electrons. The number of nitrogens with zero attached hydrogens (tertiary/aromatic N) is 1. The molecule has 0 radical (unpaired) electrons. The van der Waals surface area contributed by atoms with Gasteiger partial charge < -0.3 is 49.5 Å². The predicted octanol–water partition coefficient (Wildman–Crippen LogP) is 3.99. The van der Waals surface area contributed by atoms with Crippen LogP contribution < -0.4 is 26.1 Å². The zero-order valence-corrected chi connectivity index (χ0v) is 31.8. The smallest absolute Gasteiger partial charge is 0.307 e. The number of phenols is 1. The zero-order chi connectivity index (χ0) is 40.3. The number of amides is 1. The molecule has 0 unspecified atom stereocenters. The largest absolute Gasteiger partial charge is 0.507 e. The number of anilines is 1. The van der Waals surface area contributed by atoms with E-state index in [9.17, 15) is 39.9 Å². The van der Waals surface area contributed by atoms with Gasteiger partial charge in [-0.15, -0.1) is 0 Å². The number of ether oxygens (including phenoxy) is 3. The molecule has 0 saturated carbocycles. The van der Waals surface area contributed by atoms with E-state index in [0.29, 0.717) is 0 Å². The first-order valence-electron chi connectivity index (χ1n) is 18.0.